The number of piperidine rings is 1. The Morgan fingerprint density at radius 2 is 2.07 bits per heavy atom. The van der Waals surface area contributed by atoms with Gasteiger partial charge in [-0.05, 0) is 43.7 Å². The van der Waals surface area contributed by atoms with Gasteiger partial charge in [-0.2, -0.15) is 0 Å². The van der Waals surface area contributed by atoms with Crippen molar-refractivity contribution >= 4 is 16.7 Å². The van der Waals surface area contributed by atoms with Gasteiger partial charge in [-0.3, -0.25) is 19.5 Å². The number of fused-ring (bicyclic) bond motifs is 2. The number of carbonyl (C=O) groups excluding carboxylic acids is 1. The maximum absolute atomic E-state index is 12.8. The SMILES string of the molecule is O=C(c1ccccn1)C1CCCN(Cc2cc3cc4c(cc3[nH]c2=O)OCO4)C1. The summed E-state index contributed by atoms with van der Waals surface area (Å²) in [4.78, 5) is 34.7. The highest BCUT2D eigenvalue weighted by atomic mass is 16.7. The molecule has 148 valence electrons. The van der Waals surface area contributed by atoms with Crippen molar-refractivity contribution in [3.05, 3.63) is 64.2 Å². The van der Waals surface area contributed by atoms with E-state index in [0.717, 1.165) is 30.3 Å². The highest BCUT2D eigenvalue weighted by Gasteiger charge is 2.27. The van der Waals surface area contributed by atoms with Crippen molar-refractivity contribution in [1.82, 2.24) is 14.9 Å². The van der Waals surface area contributed by atoms with E-state index in [2.05, 4.69) is 14.9 Å². The molecule has 1 fully saturated rings. The minimum atomic E-state index is -0.116. The normalized spacial score (nSPS) is 18.8. The molecule has 2 aliphatic rings. The zero-order chi connectivity index (χ0) is 19.8. The Balaban J connectivity index is 1.36. The average molecular weight is 391 g/mol. The molecule has 7 heteroatoms. The van der Waals surface area contributed by atoms with Crippen LogP contribution in [0.15, 0.2) is 47.4 Å². The molecule has 5 rings (SSSR count). The first-order chi connectivity index (χ1) is 14.2. The molecule has 29 heavy (non-hydrogen) atoms. The lowest BCUT2D eigenvalue weighted by molar-refractivity contribution is 0.0806. The van der Waals surface area contributed by atoms with Crippen molar-refractivity contribution in [3.8, 4) is 11.5 Å². The number of pyridine rings is 2. The number of rotatable bonds is 4. The van der Waals surface area contributed by atoms with Gasteiger partial charge in [0.25, 0.3) is 5.56 Å². The minimum absolute atomic E-state index is 0.0791. The van der Waals surface area contributed by atoms with Crippen LogP contribution in [0.1, 0.15) is 28.9 Å². The van der Waals surface area contributed by atoms with Crippen LogP contribution in [0.4, 0.5) is 0 Å². The van der Waals surface area contributed by atoms with E-state index in [1.54, 1.807) is 18.3 Å². The van der Waals surface area contributed by atoms with Crippen LogP contribution in [0.2, 0.25) is 0 Å². The molecule has 1 atom stereocenters. The third-order valence-electron chi connectivity index (χ3n) is 5.60. The first-order valence-corrected chi connectivity index (χ1v) is 9.80. The zero-order valence-electron chi connectivity index (χ0n) is 15.9. The minimum Gasteiger partial charge on any atom is -0.454 e. The fraction of sp³-hybridized carbons (Fsp3) is 0.318. The monoisotopic (exact) mass is 391 g/mol. The van der Waals surface area contributed by atoms with Crippen LogP contribution in [-0.4, -0.2) is 40.5 Å². The second-order valence-electron chi connectivity index (χ2n) is 7.57. The van der Waals surface area contributed by atoms with E-state index in [4.69, 9.17) is 9.47 Å². The Labute approximate surface area is 167 Å². The molecule has 4 heterocycles. The summed E-state index contributed by atoms with van der Waals surface area (Å²) < 4.78 is 10.8. The molecule has 1 saturated heterocycles. The molecule has 7 nitrogen and oxygen atoms in total. The molecule has 0 radical (unpaired) electrons. The fourth-order valence-electron chi connectivity index (χ4n) is 4.13. The predicted octanol–water partition coefficient (Wildman–Crippen LogP) is 2.75. The summed E-state index contributed by atoms with van der Waals surface area (Å²) in [5.41, 5.74) is 1.81. The van der Waals surface area contributed by atoms with Crippen molar-refractivity contribution in [2.75, 3.05) is 19.9 Å². The van der Waals surface area contributed by atoms with Gasteiger partial charge in [-0.15, -0.1) is 0 Å². The molecular weight excluding hydrogens is 370 g/mol. The van der Waals surface area contributed by atoms with Gasteiger partial charge in [-0.25, -0.2) is 0 Å². The van der Waals surface area contributed by atoms with Crippen LogP contribution in [0.25, 0.3) is 10.9 Å². The predicted molar refractivity (Wildman–Crippen MR) is 107 cm³/mol. The molecular formula is C22H21N3O4. The van der Waals surface area contributed by atoms with Gasteiger partial charge >= 0.3 is 0 Å². The molecule has 1 N–H and O–H groups in total. The number of hydrogen-bond acceptors (Lipinski definition) is 6. The lowest BCUT2D eigenvalue weighted by atomic mass is 9.91. The third-order valence-corrected chi connectivity index (χ3v) is 5.60. The van der Waals surface area contributed by atoms with Crippen molar-refractivity contribution in [2.24, 2.45) is 5.92 Å². The summed E-state index contributed by atoms with van der Waals surface area (Å²) in [6.07, 6.45) is 3.42. The van der Waals surface area contributed by atoms with Gasteiger partial charge in [0.1, 0.15) is 5.69 Å². The molecule has 0 saturated carbocycles. The van der Waals surface area contributed by atoms with Crippen LogP contribution in [0.5, 0.6) is 11.5 Å². The van der Waals surface area contributed by atoms with E-state index in [9.17, 15) is 9.59 Å². The molecule has 0 aliphatic carbocycles. The van der Waals surface area contributed by atoms with Crippen molar-refractivity contribution in [1.29, 1.82) is 0 Å². The largest absolute Gasteiger partial charge is 0.454 e. The second kappa shape index (κ2) is 7.33. The lowest BCUT2D eigenvalue weighted by Gasteiger charge is -2.31. The first kappa shape index (κ1) is 17.9. The number of likely N-dealkylation sites (tertiary alicyclic amines) is 1. The Kier molecular flexibility index (Phi) is 4.52. The summed E-state index contributed by atoms with van der Waals surface area (Å²) in [7, 11) is 0. The average Bonchev–Trinajstić information content (AvgIpc) is 3.20. The first-order valence-electron chi connectivity index (χ1n) is 9.80. The van der Waals surface area contributed by atoms with E-state index in [1.807, 2.05) is 24.3 Å². The number of carbonyl (C=O) groups is 1. The number of aromatic amines is 1. The van der Waals surface area contributed by atoms with E-state index < -0.39 is 0 Å². The Morgan fingerprint density at radius 1 is 1.21 bits per heavy atom. The highest BCUT2D eigenvalue weighted by Crippen LogP contribution is 2.35. The van der Waals surface area contributed by atoms with E-state index in [-0.39, 0.29) is 24.1 Å². The van der Waals surface area contributed by atoms with Crippen molar-refractivity contribution in [2.45, 2.75) is 19.4 Å². The molecule has 0 spiro atoms. The van der Waals surface area contributed by atoms with E-state index in [1.165, 1.54) is 0 Å². The summed E-state index contributed by atoms with van der Waals surface area (Å²) >= 11 is 0. The standard InChI is InChI=1S/C22H21N3O4/c26-21(17-5-1-2-6-23-17)14-4-3-7-25(11-14)12-16-8-15-9-19-20(29-13-28-19)10-18(15)24-22(16)27/h1-2,5-6,8-10,14H,3-4,7,11-13H2,(H,24,27). The van der Waals surface area contributed by atoms with Crippen LogP contribution >= 0.6 is 0 Å². The molecule has 0 bridgehead atoms. The van der Waals surface area contributed by atoms with Gasteiger partial charge in [0.05, 0.1) is 5.52 Å². The molecule has 3 aromatic rings. The number of ether oxygens (including phenoxy) is 2. The number of nitrogens with zero attached hydrogens (tertiary/aromatic N) is 2. The number of nitrogens with one attached hydrogen (secondary N) is 1. The number of ketones is 1. The van der Waals surface area contributed by atoms with Gasteiger partial charge in [0.15, 0.2) is 17.3 Å². The van der Waals surface area contributed by atoms with Gasteiger partial charge in [0.2, 0.25) is 6.79 Å². The highest BCUT2D eigenvalue weighted by molar-refractivity contribution is 5.96. The zero-order valence-corrected chi connectivity index (χ0v) is 15.9. The number of aromatic nitrogens is 2. The summed E-state index contributed by atoms with van der Waals surface area (Å²) in [6.45, 7) is 2.20. The van der Waals surface area contributed by atoms with Crippen LogP contribution < -0.4 is 15.0 Å². The van der Waals surface area contributed by atoms with Crippen molar-refractivity contribution < 1.29 is 14.3 Å². The topological polar surface area (TPSA) is 84.5 Å². The third kappa shape index (κ3) is 3.49. The quantitative estimate of drug-likeness (QED) is 0.689. The van der Waals surface area contributed by atoms with Gasteiger partial charge in [0, 0.05) is 42.2 Å². The number of Topliss-reactive ketones (excluding diaryl/α,β-unsaturated/α-hetero) is 1. The molecule has 1 unspecified atom stereocenters. The summed E-state index contributed by atoms with van der Waals surface area (Å²) in [6, 6.07) is 11.0. The van der Waals surface area contributed by atoms with E-state index >= 15 is 0 Å². The molecule has 0 amide bonds. The Morgan fingerprint density at radius 3 is 2.90 bits per heavy atom. The Bertz CT molecular complexity index is 1130. The summed E-state index contributed by atoms with van der Waals surface area (Å²) in [5, 5.41) is 0.905. The fourth-order valence-corrected chi connectivity index (χ4v) is 4.13. The van der Waals surface area contributed by atoms with Gasteiger partial charge in [-0.1, -0.05) is 6.07 Å². The van der Waals surface area contributed by atoms with Gasteiger partial charge < -0.3 is 14.5 Å². The van der Waals surface area contributed by atoms with E-state index in [0.29, 0.717) is 35.8 Å². The lowest BCUT2D eigenvalue weighted by Crippen LogP contribution is -2.39. The molecule has 2 aliphatic heterocycles. The smallest absolute Gasteiger partial charge is 0.252 e. The maximum atomic E-state index is 12.8. The van der Waals surface area contributed by atoms with Crippen molar-refractivity contribution in [3.63, 3.8) is 0 Å². The van der Waals surface area contributed by atoms with Crippen LogP contribution in [0.3, 0.4) is 0 Å². The number of hydrogen-bond donors (Lipinski definition) is 1. The second-order valence-corrected chi connectivity index (χ2v) is 7.57. The van der Waals surface area contributed by atoms with Crippen LogP contribution in [0, 0.1) is 5.92 Å². The Hall–Kier alpha value is -3.19. The van der Waals surface area contributed by atoms with Crippen LogP contribution in [-0.2, 0) is 6.54 Å². The number of H-pyrrole nitrogens is 1. The molecule has 1 aromatic carbocycles. The molecule has 2 aromatic heterocycles. The maximum Gasteiger partial charge on any atom is 0.252 e. The summed E-state index contributed by atoms with van der Waals surface area (Å²) in [5.74, 6) is 1.32. The number of benzene rings is 1.